The SMILES string of the molecule is COc1ccc(NS(=O)(=O)c2cc(Br)cnc2N)c(OC)c1. The third-order valence-corrected chi connectivity index (χ3v) is 4.62. The maximum Gasteiger partial charge on any atom is 0.265 e. The molecule has 0 spiro atoms. The number of nitrogens with zero attached hydrogens (tertiary/aromatic N) is 1. The average molecular weight is 388 g/mol. The van der Waals surface area contributed by atoms with Gasteiger partial charge in [-0.15, -0.1) is 0 Å². The second-order valence-electron chi connectivity index (χ2n) is 4.21. The van der Waals surface area contributed by atoms with Gasteiger partial charge in [0.1, 0.15) is 22.2 Å². The minimum Gasteiger partial charge on any atom is -0.497 e. The van der Waals surface area contributed by atoms with Crippen LogP contribution < -0.4 is 19.9 Å². The lowest BCUT2D eigenvalue weighted by Gasteiger charge is -2.13. The number of nitrogens with one attached hydrogen (secondary N) is 1. The topological polar surface area (TPSA) is 104 Å². The number of hydrogen-bond donors (Lipinski definition) is 2. The van der Waals surface area contributed by atoms with Crippen LogP contribution in [0.25, 0.3) is 0 Å². The Hall–Kier alpha value is -2.00. The maximum atomic E-state index is 12.5. The van der Waals surface area contributed by atoms with Crippen LogP contribution in [-0.2, 0) is 10.0 Å². The van der Waals surface area contributed by atoms with Gasteiger partial charge in [0.05, 0.1) is 19.9 Å². The monoisotopic (exact) mass is 387 g/mol. The maximum absolute atomic E-state index is 12.5. The van der Waals surface area contributed by atoms with E-state index in [4.69, 9.17) is 15.2 Å². The molecule has 1 aromatic carbocycles. The van der Waals surface area contributed by atoms with Crippen molar-refractivity contribution in [2.45, 2.75) is 4.90 Å². The first-order valence-electron chi connectivity index (χ1n) is 6.03. The molecule has 2 aromatic rings. The molecule has 1 heterocycles. The summed E-state index contributed by atoms with van der Waals surface area (Å²) in [7, 11) is -0.968. The second-order valence-corrected chi connectivity index (χ2v) is 6.78. The molecule has 0 radical (unpaired) electrons. The third-order valence-electron chi connectivity index (χ3n) is 2.79. The Labute approximate surface area is 136 Å². The normalized spacial score (nSPS) is 11.0. The molecule has 0 bridgehead atoms. The molecule has 0 amide bonds. The van der Waals surface area contributed by atoms with Crippen LogP contribution in [0.5, 0.6) is 11.5 Å². The molecule has 9 heteroatoms. The lowest BCUT2D eigenvalue weighted by molar-refractivity contribution is 0.395. The van der Waals surface area contributed by atoms with Gasteiger partial charge < -0.3 is 15.2 Å². The molecule has 118 valence electrons. The van der Waals surface area contributed by atoms with Gasteiger partial charge in [-0.1, -0.05) is 0 Å². The summed E-state index contributed by atoms with van der Waals surface area (Å²) < 4.78 is 38.1. The first kappa shape index (κ1) is 16.4. The molecule has 0 aliphatic heterocycles. The Bertz CT molecular complexity index is 796. The number of rotatable bonds is 5. The standard InChI is InChI=1S/C13H14BrN3O4S/c1-20-9-3-4-10(11(6-9)21-2)17-22(18,19)12-5-8(14)7-16-13(12)15/h3-7,17H,1-2H3,(H2,15,16). The van der Waals surface area contributed by atoms with Crippen molar-refractivity contribution in [1.82, 2.24) is 4.98 Å². The molecule has 22 heavy (non-hydrogen) atoms. The number of halogens is 1. The molecule has 0 aliphatic rings. The molecule has 3 N–H and O–H groups in total. The first-order valence-corrected chi connectivity index (χ1v) is 8.31. The zero-order valence-corrected chi connectivity index (χ0v) is 14.2. The largest absolute Gasteiger partial charge is 0.497 e. The number of methoxy groups -OCH3 is 2. The predicted molar refractivity (Wildman–Crippen MR) is 86.7 cm³/mol. The molecule has 0 atom stereocenters. The van der Waals surface area contributed by atoms with Crippen molar-refractivity contribution >= 4 is 37.5 Å². The Balaban J connectivity index is 2.43. The number of hydrogen-bond acceptors (Lipinski definition) is 6. The van der Waals surface area contributed by atoms with E-state index in [-0.39, 0.29) is 16.4 Å². The zero-order valence-electron chi connectivity index (χ0n) is 11.8. The Kier molecular flexibility index (Phi) is 4.77. The summed E-state index contributed by atoms with van der Waals surface area (Å²) in [5.74, 6) is 0.774. The number of aromatic nitrogens is 1. The van der Waals surface area contributed by atoms with Gasteiger partial charge in [0, 0.05) is 16.7 Å². The highest BCUT2D eigenvalue weighted by Gasteiger charge is 2.21. The Morgan fingerprint density at radius 2 is 1.95 bits per heavy atom. The summed E-state index contributed by atoms with van der Waals surface area (Å²) in [6.07, 6.45) is 1.42. The van der Waals surface area contributed by atoms with Gasteiger partial charge in [-0.3, -0.25) is 4.72 Å². The Morgan fingerprint density at radius 3 is 2.59 bits per heavy atom. The van der Waals surface area contributed by atoms with Crippen molar-refractivity contribution in [3.63, 3.8) is 0 Å². The summed E-state index contributed by atoms with van der Waals surface area (Å²) in [5, 5.41) is 0. The van der Waals surface area contributed by atoms with Crippen molar-refractivity contribution < 1.29 is 17.9 Å². The number of nitrogens with two attached hydrogens (primary N) is 1. The molecular formula is C13H14BrN3O4S. The molecule has 7 nitrogen and oxygen atoms in total. The van der Waals surface area contributed by atoms with Gasteiger partial charge >= 0.3 is 0 Å². The van der Waals surface area contributed by atoms with Gasteiger partial charge in [-0.2, -0.15) is 0 Å². The number of benzene rings is 1. The van der Waals surface area contributed by atoms with Crippen LogP contribution in [0.15, 0.2) is 39.8 Å². The zero-order chi connectivity index (χ0) is 16.3. The fraction of sp³-hybridized carbons (Fsp3) is 0.154. The van der Waals surface area contributed by atoms with Gasteiger partial charge in [-0.05, 0) is 34.1 Å². The van der Waals surface area contributed by atoms with Crippen LogP contribution in [0.2, 0.25) is 0 Å². The third kappa shape index (κ3) is 3.42. The van der Waals surface area contributed by atoms with Gasteiger partial charge in [0.25, 0.3) is 10.0 Å². The van der Waals surface area contributed by atoms with Crippen LogP contribution in [-0.4, -0.2) is 27.6 Å². The van der Waals surface area contributed by atoms with E-state index in [0.29, 0.717) is 16.0 Å². The summed E-state index contributed by atoms with van der Waals surface area (Å²) >= 11 is 3.17. The molecule has 0 aliphatic carbocycles. The highest BCUT2D eigenvalue weighted by atomic mass is 79.9. The second kappa shape index (κ2) is 6.41. The first-order chi connectivity index (χ1) is 10.4. The highest BCUT2D eigenvalue weighted by molar-refractivity contribution is 9.10. The van der Waals surface area contributed by atoms with Crippen LogP contribution in [0.4, 0.5) is 11.5 Å². The lowest BCUT2D eigenvalue weighted by atomic mass is 10.3. The van der Waals surface area contributed by atoms with E-state index in [2.05, 4.69) is 25.6 Å². The summed E-state index contributed by atoms with van der Waals surface area (Å²) in [6.45, 7) is 0. The van der Waals surface area contributed by atoms with Gasteiger partial charge in [-0.25, -0.2) is 13.4 Å². The average Bonchev–Trinajstić information content (AvgIpc) is 2.49. The quantitative estimate of drug-likeness (QED) is 0.814. The number of nitrogen functional groups attached to an aromatic ring is 1. The predicted octanol–water partition coefficient (Wildman–Crippen LogP) is 2.24. The van der Waals surface area contributed by atoms with Crippen molar-refractivity contribution in [3.8, 4) is 11.5 Å². The summed E-state index contributed by atoms with van der Waals surface area (Å²) in [4.78, 5) is 3.69. The minimum atomic E-state index is -3.91. The lowest BCUT2D eigenvalue weighted by Crippen LogP contribution is -2.16. The van der Waals surface area contributed by atoms with E-state index in [1.807, 2.05) is 0 Å². The summed E-state index contributed by atoms with van der Waals surface area (Å²) in [5.41, 5.74) is 5.91. The summed E-state index contributed by atoms with van der Waals surface area (Å²) in [6, 6.07) is 6.10. The van der Waals surface area contributed by atoms with E-state index in [1.165, 1.54) is 32.5 Å². The fourth-order valence-corrected chi connectivity index (χ4v) is 3.39. The number of sulfonamides is 1. The van der Waals surface area contributed by atoms with E-state index in [0.717, 1.165) is 0 Å². The van der Waals surface area contributed by atoms with Crippen LogP contribution in [0.3, 0.4) is 0 Å². The van der Waals surface area contributed by atoms with E-state index >= 15 is 0 Å². The van der Waals surface area contributed by atoms with Crippen molar-refractivity contribution in [2.75, 3.05) is 24.7 Å². The van der Waals surface area contributed by atoms with Crippen LogP contribution in [0.1, 0.15) is 0 Å². The van der Waals surface area contributed by atoms with Crippen molar-refractivity contribution in [1.29, 1.82) is 0 Å². The van der Waals surface area contributed by atoms with E-state index in [1.54, 1.807) is 12.1 Å². The van der Waals surface area contributed by atoms with Crippen LogP contribution >= 0.6 is 15.9 Å². The van der Waals surface area contributed by atoms with E-state index in [9.17, 15) is 8.42 Å². The molecular weight excluding hydrogens is 374 g/mol. The van der Waals surface area contributed by atoms with Gasteiger partial charge in [0.2, 0.25) is 0 Å². The molecule has 0 fully saturated rings. The smallest absolute Gasteiger partial charge is 0.265 e. The number of ether oxygens (including phenoxy) is 2. The van der Waals surface area contributed by atoms with E-state index < -0.39 is 10.0 Å². The minimum absolute atomic E-state index is 0.0943. The number of pyridine rings is 1. The van der Waals surface area contributed by atoms with Crippen molar-refractivity contribution in [3.05, 3.63) is 34.9 Å². The molecule has 0 saturated heterocycles. The molecule has 0 saturated carbocycles. The fourth-order valence-electron chi connectivity index (χ4n) is 1.73. The number of anilines is 2. The van der Waals surface area contributed by atoms with Crippen molar-refractivity contribution in [2.24, 2.45) is 0 Å². The highest BCUT2D eigenvalue weighted by Crippen LogP contribution is 2.31. The molecule has 0 unspecified atom stereocenters. The van der Waals surface area contributed by atoms with Gasteiger partial charge in [0.15, 0.2) is 0 Å². The Morgan fingerprint density at radius 1 is 1.23 bits per heavy atom. The molecule has 1 aromatic heterocycles. The van der Waals surface area contributed by atoms with Crippen LogP contribution in [0, 0.1) is 0 Å². The molecule has 2 rings (SSSR count).